The van der Waals surface area contributed by atoms with Crippen LogP contribution < -0.4 is 0 Å². The number of hydrogen-bond donors (Lipinski definition) is 5. The van der Waals surface area contributed by atoms with Crippen molar-refractivity contribution < 1.29 is 30.3 Å². The number of carbonyl (C=O) groups is 1. The Bertz CT molecular complexity index is 891. The average Bonchev–Trinajstić information content (AvgIpc) is 3.02. The quantitative estimate of drug-likeness (QED) is 0.390. The van der Waals surface area contributed by atoms with E-state index in [1.807, 2.05) is 27.7 Å². The lowest BCUT2D eigenvalue weighted by Gasteiger charge is -2.60. The van der Waals surface area contributed by atoms with Crippen LogP contribution in [0.5, 0.6) is 0 Å². The molecule has 3 fully saturated rings. The number of aliphatic hydroxyl groups excluding tert-OH is 3. The van der Waals surface area contributed by atoms with E-state index in [-0.39, 0.29) is 35.9 Å². The normalized spacial score (nSPS) is 46.7. The van der Waals surface area contributed by atoms with Crippen molar-refractivity contribution in [2.75, 3.05) is 0 Å². The highest BCUT2D eigenvalue weighted by Crippen LogP contribution is 2.68. The molecule has 0 aromatic heterocycles. The van der Waals surface area contributed by atoms with E-state index in [0.29, 0.717) is 32.1 Å². The second-order valence-electron chi connectivity index (χ2n) is 12.9. The third kappa shape index (κ3) is 3.51. The second kappa shape index (κ2) is 8.24. The SMILES string of the molecule is C=C(C[C@@H](O)[C@](C)(O)C1CC[C@@]2(O)C3=CC(=O)[C@@H]4C[C@@H](O)[C@@H](O)C[C@]4(C)[C@H]3CC[C@]12C)C(C)C. The molecule has 4 aliphatic carbocycles. The van der Waals surface area contributed by atoms with Gasteiger partial charge in [0.25, 0.3) is 0 Å². The van der Waals surface area contributed by atoms with E-state index in [9.17, 15) is 30.3 Å². The van der Waals surface area contributed by atoms with E-state index in [1.165, 1.54) is 0 Å². The molecule has 0 amide bonds. The molecule has 0 bridgehead atoms. The Morgan fingerprint density at radius 3 is 2.44 bits per heavy atom. The zero-order valence-electron chi connectivity index (χ0n) is 21.4. The Balaban J connectivity index is 1.68. The third-order valence-corrected chi connectivity index (χ3v) is 10.8. The fourth-order valence-corrected chi connectivity index (χ4v) is 8.23. The molecule has 6 heteroatoms. The van der Waals surface area contributed by atoms with Gasteiger partial charge in [0.2, 0.25) is 0 Å². The molecule has 4 rings (SSSR count). The van der Waals surface area contributed by atoms with Crippen LogP contribution in [0.15, 0.2) is 23.8 Å². The summed E-state index contributed by atoms with van der Waals surface area (Å²) in [6.45, 7) is 13.8. The van der Waals surface area contributed by atoms with Gasteiger partial charge in [-0.15, -0.1) is 0 Å². The smallest absolute Gasteiger partial charge is 0.159 e. The van der Waals surface area contributed by atoms with Gasteiger partial charge in [0.05, 0.1) is 29.5 Å². The van der Waals surface area contributed by atoms with Crippen molar-refractivity contribution in [3.63, 3.8) is 0 Å². The molecule has 1 unspecified atom stereocenters. The van der Waals surface area contributed by atoms with Crippen molar-refractivity contribution in [2.45, 2.75) is 109 Å². The van der Waals surface area contributed by atoms with Crippen LogP contribution >= 0.6 is 0 Å². The van der Waals surface area contributed by atoms with Crippen molar-refractivity contribution in [3.05, 3.63) is 23.8 Å². The van der Waals surface area contributed by atoms with E-state index in [0.717, 1.165) is 17.6 Å². The summed E-state index contributed by atoms with van der Waals surface area (Å²) in [5.74, 6) is -0.656. The Morgan fingerprint density at radius 1 is 1.18 bits per heavy atom. The first-order valence-corrected chi connectivity index (χ1v) is 13.0. The molecule has 0 spiro atoms. The predicted octanol–water partition coefficient (Wildman–Crippen LogP) is 2.91. The van der Waals surface area contributed by atoms with E-state index in [4.69, 9.17) is 0 Å². The minimum absolute atomic E-state index is 0.0650. The Labute approximate surface area is 203 Å². The van der Waals surface area contributed by atoms with Crippen molar-refractivity contribution in [2.24, 2.45) is 34.5 Å². The zero-order chi connectivity index (χ0) is 25.4. The van der Waals surface area contributed by atoms with Gasteiger partial charge in [-0.25, -0.2) is 0 Å². The van der Waals surface area contributed by atoms with Crippen LogP contribution in [0.2, 0.25) is 0 Å². The van der Waals surface area contributed by atoms with Gasteiger partial charge in [-0.3, -0.25) is 4.79 Å². The van der Waals surface area contributed by atoms with Crippen molar-refractivity contribution in [1.82, 2.24) is 0 Å². The number of hydrogen-bond acceptors (Lipinski definition) is 6. The van der Waals surface area contributed by atoms with Gasteiger partial charge in [-0.05, 0) is 86.7 Å². The predicted molar refractivity (Wildman–Crippen MR) is 130 cm³/mol. The molecule has 0 aromatic rings. The number of allylic oxidation sites excluding steroid dienone is 1. The van der Waals surface area contributed by atoms with E-state index >= 15 is 0 Å². The molecule has 34 heavy (non-hydrogen) atoms. The van der Waals surface area contributed by atoms with Gasteiger partial charge in [-0.2, -0.15) is 0 Å². The summed E-state index contributed by atoms with van der Waals surface area (Å²) >= 11 is 0. The largest absolute Gasteiger partial charge is 0.390 e. The van der Waals surface area contributed by atoms with Crippen molar-refractivity contribution >= 4 is 5.78 Å². The molecule has 4 aliphatic rings. The molecule has 0 saturated heterocycles. The van der Waals surface area contributed by atoms with Gasteiger partial charge >= 0.3 is 0 Å². The van der Waals surface area contributed by atoms with Crippen LogP contribution in [0.25, 0.3) is 0 Å². The lowest BCUT2D eigenvalue weighted by molar-refractivity contribution is -0.175. The summed E-state index contributed by atoms with van der Waals surface area (Å²) in [5, 5.41) is 55.6. The number of fused-ring (bicyclic) bond motifs is 5. The molecule has 3 saturated carbocycles. The molecule has 0 radical (unpaired) electrons. The second-order valence-corrected chi connectivity index (χ2v) is 12.9. The molecular weight excluding hydrogens is 432 g/mol. The first-order valence-electron chi connectivity index (χ1n) is 13.0. The Morgan fingerprint density at radius 2 is 1.82 bits per heavy atom. The van der Waals surface area contributed by atoms with Crippen molar-refractivity contribution in [1.29, 1.82) is 0 Å². The lowest BCUT2D eigenvalue weighted by atomic mass is 9.45. The molecule has 0 aromatic carbocycles. The van der Waals surface area contributed by atoms with Crippen LogP contribution in [-0.4, -0.2) is 60.8 Å². The van der Waals surface area contributed by atoms with Gasteiger partial charge in [0, 0.05) is 11.3 Å². The highest BCUT2D eigenvalue weighted by Gasteiger charge is 2.69. The summed E-state index contributed by atoms with van der Waals surface area (Å²) in [6.07, 6.45) is 2.07. The van der Waals surface area contributed by atoms with Gasteiger partial charge in [0.15, 0.2) is 5.78 Å². The minimum Gasteiger partial charge on any atom is -0.390 e. The maximum absolute atomic E-state index is 13.3. The number of ketones is 1. The van der Waals surface area contributed by atoms with Crippen LogP contribution in [0, 0.1) is 34.5 Å². The summed E-state index contributed by atoms with van der Waals surface area (Å²) in [6, 6.07) is 0. The number of rotatable bonds is 5. The summed E-state index contributed by atoms with van der Waals surface area (Å²) < 4.78 is 0. The maximum atomic E-state index is 13.3. The fraction of sp³-hybridized carbons (Fsp3) is 0.821. The van der Waals surface area contributed by atoms with E-state index in [1.54, 1.807) is 13.0 Å². The van der Waals surface area contributed by atoms with Crippen LogP contribution in [0.1, 0.15) is 79.6 Å². The van der Waals surface area contributed by atoms with E-state index < -0.39 is 40.3 Å². The van der Waals surface area contributed by atoms with Crippen LogP contribution in [0.3, 0.4) is 0 Å². The highest BCUT2D eigenvalue weighted by molar-refractivity contribution is 5.95. The summed E-state index contributed by atoms with van der Waals surface area (Å²) in [5.41, 5.74) is -2.29. The molecule has 0 aliphatic heterocycles. The first-order chi connectivity index (χ1) is 15.6. The molecule has 10 atom stereocenters. The van der Waals surface area contributed by atoms with Crippen molar-refractivity contribution in [3.8, 4) is 0 Å². The standard InChI is InChI=1S/C28H44O6/c1-15(2)16(3)11-24(32)27(6,33)23-8-10-28(34)18-12-20(29)19-13-21(30)22(31)14-25(19,4)17(18)7-9-26(23,28)5/h12,15,17,19,21-24,30-34H,3,7-11,13-14H2,1-2,4-6H3/t17-,19-,21+,22-,23?,24+,25+,26+,27+,28+/m0/s1. The van der Waals surface area contributed by atoms with Crippen LogP contribution in [-0.2, 0) is 4.79 Å². The number of aliphatic hydroxyl groups is 5. The lowest BCUT2D eigenvalue weighted by Crippen LogP contribution is -2.62. The first kappa shape index (κ1) is 26.0. The average molecular weight is 477 g/mol. The van der Waals surface area contributed by atoms with Crippen LogP contribution in [0.4, 0.5) is 0 Å². The molecule has 5 N–H and O–H groups in total. The maximum Gasteiger partial charge on any atom is 0.159 e. The Kier molecular flexibility index (Phi) is 6.31. The van der Waals surface area contributed by atoms with E-state index in [2.05, 4.69) is 6.58 Å². The zero-order valence-corrected chi connectivity index (χ0v) is 21.4. The monoisotopic (exact) mass is 476 g/mol. The van der Waals surface area contributed by atoms with Gasteiger partial charge in [0.1, 0.15) is 0 Å². The molecule has 6 nitrogen and oxygen atoms in total. The highest BCUT2D eigenvalue weighted by atomic mass is 16.3. The third-order valence-electron chi connectivity index (χ3n) is 10.8. The Hall–Kier alpha value is -1.05. The summed E-state index contributed by atoms with van der Waals surface area (Å²) in [7, 11) is 0. The topological polar surface area (TPSA) is 118 Å². The molecule has 0 heterocycles. The minimum atomic E-state index is -1.42. The fourth-order valence-electron chi connectivity index (χ4n) is 8.23. The molecular formula is C28H44O6. The summed E-state index contributed by atoms with van der Waals surface area (Å²) in [4.78, 5) is 13.3. The van der Waals surface area contributed by atoms with Gasteiger partial charge < -0.3 is 25.5 Å². The van der Waals surface area contributed by atoms with Gasteiger partial charge in [-0.1, -0.05) is 39.8 Å². The number of carbonyl (C=O) groups excluding carboxylic acids is 1. The molecule has 192 valence electrons.